The van der Waals surface area contributed by atoms with Crippen LogP contribution in [0.4, 0.5) is 8.78 Å². The minimum Gasteiger partial charge on any atom is -0.493 e. The highest BCUT2D eigenvalue weighted by Crippen LogP contribution is 2.31. The Morgan fingerprint density at radius 1 is 1.31 bits per heavy atom. The first-order valence-corrected chi connectivity index (χ1v) is 4.94. The molecule has 16 heavy (non-hydrogen) atoms. The van der Waals surface area contributed by atoms with Gasteiger partial charge in [0.25, 0.3) is 6.43 Å². The Kier molecular flexibility index (Phi) is 4.49. The van der Waals surface area contributed by atoms with Gasteiger partial charge in [-0.3, -0.25) is 0 Å². The van der Waals surface area contributed by atoms with E-state index in [0.29, 0.717) is 23.7 Å². The summed E-state index contributed by atoms with van der Waals surface area (Å²) in [5.41, 5.74) is 5.67. The minimum absolute atomic E-state index is 0.329. The molecule has 0 saturated carbocycles. The average molecular weight is 231 g/mol. The molecule has 0 bridgehead atoms. The Labute approximate surface area is 93.2 Å². The predicted molar refractivity (Wildman–Crippen MR) is 57.1 cm³/mol. The van der Waals surface area contributed by atoms with Gasteiger partial charge in [0.1, 0.15) is 0 Å². The molecule has 0 spiro atoms. The van der Waals surface area contributed by atoms with Gasteiger partial charge in [-0.25, -0.2) is 8.78 Å². The van der Waals surface area contributed by atoms with Crippen LogP contribution in [-0.4, -0.2) is 20.1 Å². The molecule has 0 fully saturated rings. The molecular formula is C11H15F2NO2. The fourth-order valence-corrected chi connectivity index (χ4v) is 1.31. The first kappa shape index (κ1) is 12.7. The summed E-state index contributed by atoms with van der Waals surface area (Å²) < 4.78 is 35.1. The molecule has 0 aromatic heterocycles. The summed E-state index contributed by atoms with van der Waals surface area (Å²) in [6.45, 7) is 2.31. The van der Waals surface area contributed by atoms with Gasteiger partial charge in [0.05, 0.1) is 19.8 Å². The van der Waals surface area contributed by atoms with E-state index >= 15 is 0 Å². The lowest BCUT2D eigenvalue weighted by atomic mass is 10.1. The van der Waals surface area contributed by atoms with Gasteiger partial charge >= 0.3 is 0 Å². The number of ether oxygens (including phenoxy) is 2. The molecule has 0 heterocycles. The Bertz CT molecular complexity index is 345. The third-order valence-corrected chi connectivity index (χ3v) is 2.14. The van der Waals surface area contributed by atoms with Gasteiger partial charge in [-0.05, 0) is 24.6 Å². The van der Waals surface area contributed by atoms with Crippen molar-refractivity contribution in [1.29, 1.82) is 0 Å². The average Bonchev–Trinajstić information content (AvgIpc) is 2.29. The molecule has 1 atom stereocenters. The zero-order valence-corrected chi connectivity index (χ0v) is 9.24. The summed E-state index contributed by atoms with van der Waals surface area (Å²) in [5, 5.41) is 0. The summed E-state index contributed by atoms with van der Waals surface area (Å²) in [5.74, 6) is 0.936. The van der Waals surface area contributed by atoms with Gasteiger partial charge < -0.3 is 15.2 Å². The predicted octanol–water partition coefficient (Wildman–Crippen LogP) is 2.36. The molecule has 5 heteroatoms. The number of benzene rings is 1. The van der Waals surface area contributed by atoms with Crippen LogP contribution < -0.4 is 15.2 Å². The number of alkyl halides is 2. The molecule has 0 amide bonds. The molecule has 0 radical (unpaired) electrons. The van der Waals surface area contributed by atoms with Crippen molar-refractivity contribution in [3.05, 3.63) is 23.8 Å². The largest absolute Gasteiger partial charge is 0.493 e. The first-order valence-electron chi connectivity index (χ1n) is 4.94. The monoisotopic (exact) mass is 231 g/mol. The van der Waals surface area contributed by atoms with Crippen molar-refractivity contribution in [1.82, 2.24) is 0 Å². The number of nitrogens with two attached hydrogens (primary N) is 1. The Morgan fingerprint density at radius 2 is 2.00 bits per heavy atom. The zero-order valence-electron chi connectivity index (χ0n) is 9.24. The molecule has 0 saturated heterocycles. The van der Waals surface area contributed by atoms with Gasteiger partial charge in [0.2, 0.25) is 0 Å². The van der Waals surface area contributed by atoms with Crippen LogP contribution in [0, 0.1) is 0 Å². The molecule has 1 rings (SSSR count). The van der Waals surface area contributed by atoms with E-state index in [4.69, 9.17) is 15.2 Å². The van der Waals surface area contributed by atoms with Crippen molar-refractivity contribution in [3.63, 3.8) is 0 Å². The molecule has 1 aromatic rings. The molecule has 0 aliphatic carbocycles. The highest BCUT2D eigenvalue weighted by atomic mass is 19.3. The minimum atomic E-state index is -2.59. The van der Waals surface area contributed by atoms with Crippen molar-refractivity contribution in [2.45, 2.75) is 19.4 Å². The van der Waals surface area contributed by atoms with E-state index in [1.165, 1.54) is 19.2 Å². The van der Waals surface area contributed by atoms with Gasteiger partial charge in [-0.15, -0.1) is 0 Å². The van der Waals surface area contributed by atoms with Gasteiger partial charge in [0.15, 0.2) is 11.5 Å². The van der Waals surface area contributed by atoms with E-state index in [9.17, 15) is 8.78 Å². The first-order chi connectivity index (χ1) is 7.60. The summed E-state index contributed by atoms with van der Waals surface area (Å²) in [4.78, 5) is 0. The van der Waals surface area contributed by atoms with E-state index < -0.39 is 12.5 Å². The maximum Gasteiger partial charge on any atom is 0.257 e. The lowest BCUT2D eigenvalue weighted by Gasteiger charge is -2.14. The second kappa shape index (κ2) is 5.65. The second-order valence-electron chi connectivity index (χ2n) is 3.20. The number of hydrogen-bond donors (Lipinski definition) is 1. The molecule has 90 valence electrons. The number of rotatable bonds is 5. The standard InChI is InChI=1S/C11H15F2NO2/c1-3-16-8-5-4-7(6-9(8)15-2)10(14)11(12)13/h4-6,10-11H,3,14H2,1-2H3/t10-/m0/s1. The highest BCUT2D eigenvalue weighted by Gasteiger charge is 2.19. The maximum absolute atomic E-state index is 12.4. The third kappa shape index (κ3) is 2.82. The lowest BCUT2D eigenvalue weighted by molar-refractivity contribution is 0.116. The van der Waals surface area contributed by atoms with Crippen LogP contribution in [0.3, 0.4) is 0 Å². The van der Waals surface area contributed by atoms with Gasteiger partial charge in [-0.2, -0.15) is 0 Å². The van der Waals surface area contributed by atoms with Crippen molar-refractivity contribution >= 4 is 0 Å². The Balaban J connectivity index is 2.99. The fourth-order valence-electron chi connectivity index (χ4n) is 1.31. The Morgan fingerprint density at radius 3 is 2.50 bits per heavy atom. The van der Waals surface area contributed by atoms with Crippen LogP contribution in [0.2, 0.25) is 0 Å². The highest BCUT2D eigenvalue weighted by molar-refractivity contribution is 5.43. The van der Waals surface area contributed by atoms with Gasteiger partial charge in [-0.1, -0.05) is 6.07 Å². The second-order valence-corrected chi connectivity index (χ2v) is 3.20. The SMILES string of the molecule is CCOc1ccc([C@H](N)C(F)F)cc1OC. The van der Waals surface area contributed by atoms with Crippen LogP contribution in [0.25, 0.3) is 0 Å². The third-order valence-electron chi connectivity index (χ3n) is 2.14. The van der Waals surface area contributed by atoms with Crippen LogP contribution in [-0.2, 0) is 0 Å². The number of methoxy groups -OCH3 is 1. The molecule has 0 unspecified atom stereocenters. The molecule has 0 aliphatic rings. The van der Waals surface area contributed by atoms with Gasteiger partial charge in [0, 0.05) is 0 Å². The van der Waals surface area contributed by atoms with Crippen LogP contribution in [0.5, 0.6) is 11.5 Å². The lowest BCUT2D eigenvalue weighted by Crippen LogP contribution is -2.18. The summed E-state index contributed by atoms with van der Waals surface area (Å²) in [6.07, 6.45) is -2.59. The smallest absolute Gasteiger partial charge is 0.257 e. The van der Waals surface area contributed by atoms with Crippen molar-refractivity contribution in [3.8, 4) is 11.5 Å². The maximum atomic E-state index is 12.4. The van der Waals surface area contributed by atoms with E-state index in [0.717, 1.165) is 0 Å². The van der Waals surface area contributed by atoms with Crippen molar-refractivity contribution in [2.24, 2.45) is 5.73 Å². The number of hydrogen-bond acceptors (Lipinski definition) is 3. The molecule has 0 aliphatic heterocycles. The quantitative estimate of drug-likeness (QED) is 0.846. The summed E-state index contributed by atoms with van der Waals surface area (Å²) in [7, 11) is 1.45. The fraction of sp³-hybridized carbons (Fsp3) is 0.455. The normalized spacial score (nSPS) is 12.6. The Hall–Kier alpha value is -1.36. The van der Waals surface area contributed by atoms with Crippen LogP contribution in [0.1, 0.15) is 18.5 Å². The van der Waals surface area contributed by atoms with E-state index in [1.807, 2.05) is 6.92 Å². The summed E-state index contributed by atoms with van der Waals surface area (Å²) >= 11 is 0. The van der Waals surface area contributed by atoms with E-state index in [1.54, 1.807) is 6.07 Å². The zero-order chi connectivity index (χ0) is 12.1. The molecule has 1 aromatic carbocycles. The summed E-state index contributed by atoms with van der Waals surface area (Å²) in [6, 6.07) is 3.27. The van der Waals surface area contributed by atoms with E-state index in [-0.39, 0.29) is 0 Å². The van der Waals surface area contributed by atoms with Crippen LogP contribution in [0.15, 0.2) is 18.2 Å². The van der Waals surface area contributed by atoms with E-state index in [2.05, 4.69) is 0 Å². The molecule has 3 nitrogen and oxygen atoms in total. The number of halogens is 2. The van der Waals surface area contributed by atoms with Crippen LogP contribution >= 0.6 is 0 Å². The molecular weight excluding hydrogens is 216 g/mol. The topological polar surface area (TPSA) is 44.5 Å². The van der Waals surface area contributed by atoms with Crippen molar-refractivity contribution < 1.29 is 18.3 Å². The van der Waals surface area contributed by atoms with Crippen molar-refractivity contribution in [2.75, 3.05) is 13.7 Å². The molecule has 2 N–H and O–H groups in total.